The lowest BCUT2D eigenvalue weighted by molar-refractivity contribution is -0.115. The van der Waals surface area contributed by atoms with Crippen LogP contribution in [0.15, 0.2) is 71.6 Å². The summed E-state index contributed by atoms with van der Waals surface area (Å²) in [4.78, 5) is 52.8. The summed E-state index contributed by atoms with van der Waals surface area (Å²) in [7, 11) is 1.97. The number of carbonyl (C=O) groups excluding carboxylic acids is 3. The maximum absolute atomic E-state index is 12.8. The normalized spacial score (nSPS) is 21.1. The predicted molar refractivity (Wildman–Crippen MR) is 156 cm³/mol. The number of urea groups is 1. The van der Waals surface area contributed by atoms with Gasteiger partial charge >= 0.3 is 6.03 Å². The third-order valence-corrected chi connectivity index (χ3v) is 8.19. The van der Waals surface area contributed by atoms with E-state index in [2.05, 4.69) is 27.7 Å². The number of anilines is 3. The summed E-state index contributed by atoms with van der Waals surface area (Å²) in [5.41, 5.74) is 2.49. The summed E-state index contributed by atoms with van der Waals surface area (Å²) < 4.78 is 0. The third-order valence-electron chi connectivity index (χ3n) is 7.38. The molecule has 204 valence electrons. The average Bonchev–Trinajstić information content (AvgIpc) is 3.62. The van der Waals surface area contributed by atoms with Crippen LogP contribution in [0, 0.1) is 11.8 Å². The highest BCUT2D eigenvalue weighted by Gasteiger charge is 2.42. The highest BCUT2D eigenvalue weighted by atomic mass is 32.2. The number of aromatic nitrogens is 2. The molecule has 3 fully saturated rings. The zero-order chi connectivity index (χ0) is 27.6. The molecule has 0 radical (unpaired) electrons. The molecule has 0 saturated carbocycles. The molecule has 0 spiro atoms. The number of carbonyl (C=O) groups is 3. The van der Waals surface area contributed by atoms with E-state index in [0.29, 0.717) is 48.0 Å². The monoisotopic (exact) mass is 555 g/mol. The van der Waals surface area contributed by atoms with E-state index in [1.807, 2.05) is 71.4 Å². The number of imide groups is 1. The lowest BCUT2D eigenvalue weighted by Gasteiger charge is -2.24. The van der Waals surface area contributed by atoms with Crippen molar-refractivity contribution in [2.45, 2.75) is 6.54 Å². The highest BCUT2D eigenvalue weighted by Crippen LogP contribution is 2.34. The van der Waals surface area contributed by atoms with Crippen LogP contribution in [0.4, 0.5) is 27.0 Å². The summed E-state index contributed by atoms with van der Waals surface area (Å²) in [6.45, 7) is 3.45. The topological polar surface area (TPSA) is 111 Å². The Hall–Kier alpha value is -4.38. The molecule has 3 aliphatic heterocycles. The number of hydrogen-bond donors (Lipinski definition) is 2. The Labute approximate surface area is 236 Å². The molecule has 40 heavy (non-hydrogen) atoms. The highest BCUT2D eigenvalue weighted by molar-refractivity contribution is 8.18. The molecule has 0 bridgehead atoms. The maximum Gasteiger partial charge on any atom is 0.321 e. The fraction of sp³-hybridized carbons (Fsp3) is 0.276. The Kier molecular flexibility index (Phi) is 7.12. The van der Waals surface area contributed by atoms with Crippen LogP contribution in [0.25, 0.3) is 6.08 Å². The molecule has 3 saturated heterocycles. The van der Waals surface area contributed by atoms with Crippen LogP contribution in [0.1, 0.15) is 11.3 Å². The Bertz CT molecular complexity index is 1450. The van der Waals surface area contributed by atoms with E-state index in [4.69, 9.17) is 9.97 Å². The second-order valence-electron chi connectivity index (χ2n) is 10.3. The second kappa shape index (κ2) is 11.0. The summed E-state index contributed by atoms with van der Waals surface area (Å²) in [6, 6.07) is 21.4. The van der Waals surface area contributed by atoms with E-state index in [0.717, 1.165) is 41.9 Å². The smallest absolute Gasteiger partial charge is 0.321 e. The van der Waals surface area contributed by atoms with Crippen LogP contribution >= 0.6 is 11.8 Å². The lowest BCUT2D eigenvalue weighted by atomic mass is 10.0. The Morgan fingerprint density at radius 1 is 1.02 bits per heavy atom. The molecule has 4 amide bonds. The first kappa shape index (κ1) is 25.9. The summed E-state index contributed by atoms with van der Waals surface area (Å²) in [6.07, 6.45) is 1.64. The van der Waals surface area contributed by atoms with Crippen molar-refractivity contribution in [1.29, 1.82) is 0 Å². The van der Waals surface area contributed by atoms with Crippen molar-refractivity contribution in [3.63, 3.8) is 0 Å². The van der Waals surface area contributed by atoms with Gasteiger partial charge in [0.25, 0.3) is 11.1 Å². The van der Waals surface area contributed by atoms with Gasteiger partial charge in [0.1, 0.15) is 5.82 Å². The standard InChI is InChI=1S/C29H29N7O3S/c1-34(14-19-8-4-2-5-9-19)25-13-23(12-24-26(37)33-29(39)40-24)30-27(32-25)35-15-20-17-36(18-21(20)16-35)28(38)31-22-10-6-3-7-11-22/h2-13,20-21H,14-18H2,1H3,(H,31,38)(H,33,37,39)/b24-12+. The molecule has 0 aliphatic carbocycles. The van der Waals surface area contributed by atoms with Crippen molar-refractivity contribution in [2.75, 3.05) is 48.3 Å². The van der Waals surface area contributed by atoms with E-state index >= 15 is 0 Å². The molecular weight excluding hydrogens is 526 g/mol. The first-order valence-electron chi connectivity index (χ1n) is 13.2. The van der Waals surface area contributed by atoms with E-state index in [9.17, 15) is 14.4 Å². The minimum absolute atomic E-state index is 0.0799. The first-order chi connectivity index (χ1) is 19.4. The fourth-order valence-electron chi connectivity index (χ4n) is 5.39. The number of para-hydroxylation sites is 1. The lowest BCUT2D eigenvalue weighted by Crippen LogP contribution is -2.36. The average molecular weight is 556 g/mol. The zero-order valence-corrected chi connectivity index (χ0v) is 22.8. The molecule has 2 atom stereocenters. The molecule has 6 rings (SSSR count). The van der Waals surface area contributed by atoms with Crippen LogP contribution in [0.3, 0.4) is 0 Å². The Balaban J connectivity index is 1.20. The molecule has 2 N–H and O–H groups in total. The van der Waals surface area contributed by atoms with Crippen molar-refractivity contribution < 1.29 is 14.4 Å². The van der Waals surface area contributed by atoms with E-state index < -0.39 is 5.91 Å². The summed E-state index contributed by atoms with van der Waals surface area (Å²) >= 11 is 0.871. The van der Waals surface area contributed by atoms with Gasteiger partial charge in [-0.1, -0.05) is 48.5 Å². The molecular formula is C29H29N7O3S. The SMILES string of the molecule is CN(Cc1ccccc1)c1cc(/C=C2/SC(=O)NC2=O)nc(N2CC3CN(C(=O)Nc4ccccc4)CC3C2)n1. The molecule has 2 unspecified atom stereocenters. The number of amides is 4. The number of rotatable bonds is 6. The fourth-order valence-corrected chi connectivity index (χ4v) is 6.06. The van der Waals surface area contributed by atoms with E-state index in [1.165, 1.54) is 0 Å². The van der Waals surface area contributed by atoms with Gasteiger partial charge in [0.05, 0.1) is 10.6 Å². The van der Waals surface area contributed by atoms with Crippen molar-refractivity contribution in [1.82, 2.24) is 20.2 Å². The Morgan fingerprint density at radius 3 is 2.35 bits per heavy atom. The van der Waals surface area contributed by atoms with Gasteiger partial charge < -0.3 is 20.0 Å². The van der Waals surface area contributed by atoms with E-state index in [-0.39, 0.29) is 11.3 Å². The number of likely N-dealkylation sites (tertiary alicyclic amines) is 1. The van der Waals surface area contributed by atoms with Crippen LogP contribution in [0.2, 0.25) is 0 Å². The number of nitrogens with zero attached hydrogens (tertiary/aromatic N) is 5. The van der Waals surface area contributed by atoms with Crippen LogP contribution in [-0.2, 0) is 11.3 Å². The number of nitrogens with one attached hydrogen (secondary N) is 2. The summed E-state index contributed by atoms with van der Waals surface area (Å²) in [5.74, 6) is 1.50. The largest absolute Gasteiger partial charge is 0.355 e. The number of benzene rings is 2. The van der Waals surface area contributed by atoms with Gasteiger partial charge in [-0.05, 0) is 35.5 Å². The first-order valence-corrected chi connectivity index (χ1v) is 14.0. The van der Waals surface area contributed by atoms with Gasteiger partial charge in [-0.3, -0.25) is 14.9 Å². The molecule has 4 heterocycles. The second-order valence-corrected chi connectivity index (χ2v) is 11.3. The van der Waals surface area contributed by atoms with Gasteiger partial charge in [-0.15, -0.1) is 0 Å². The Morgan fingerprint density at radius 2 is 1.70 bits per heavy atom. The van der Waals surface area contributed by atoms with E-state index in [1.54, 1.807) is 6.08 Å². The predicted octanol–water partition coefficient (Wildman–Crippen LogP) is 4.04. The van der Waals surface area contributed by atoms with Gasteiger partial charge in [0.15, 0.2) is 0 Å². The maximum atomic E-state index is 12.8. The molecule has 3 aliphatic rings. The number of hydrogen-bond acceptors (Lipinski definition) is 8. The van der Waals surface area contributed by atoms with Crippen LogP contribution < -0.4 is 20.4 Å². The third kappa shape index (κ3) is 5.64. The number of thioether (sulfide) groups is 1. The summed E-state index contributed by atoms with van der Waals surface area (Å²) in [5, 5.41) is 4.89. The van der Waals surface area contributed by atoms with Crippen LogP contribution in [0.5, 0.6) is 0 Å². The van der Waals surface area contributed by atoms with Gasteiger partial charge in [-0.2, -0.15) is 4.98 Å². The van der Waals surface area contributed by atoms with Crippen molar-refractivity contribution in [3.8, 4) is 0 Å². The van der Waals surface area contributed by atoms with Crippen molar-refractivity contribution in [2.24, 2.45) is 11.8 Å². The van der Waals surface area contributed by atoms with Crippen molar-refractivity contribution >= 4 is 52.5 Å². The molecule has 2 aromatic carbocycles. The van der Waals surface area contributed by atoms with Crippen molar-refractivity contribution in [3.05, 3.63) is 82.9 Å². The van der Waals surface area contributed by atoms with Crippen LogP contribution in [-0.4, -0.2) is 65.3 Å². The minimum Gasteiger partial charge on any atom is -0.355 e. The molecule has 1 aromatic heterocycles. The zero-order valence-electron chi connectivity index (χ0n) is 22.0. The molecule has 10 nitrogen and oxygen atoms in total. The van der Waals surface area contributed by atoms with Gasteiger partial charge in [-0.25, -0.2) is 9.78 Å². The quantitative estimate of drug-likeness (QED) is 0.439. The van der Waals surface area contributed by atoms with Gasteiger partial charge in [0.2, 0.25) is 5.95 Å². The number of fused-ring (bicyclic) bond motifs is 1. The molecule has 3 aromatic rings. The molecule has 11 heteroatoms. The minimum atomic E-state index is -0.418. The van der Waals surface area contributed by atoms with Gasteiger partial charge in [0, 0.05) is 63.4 Å².